The number of nitrogens with one attached hydrogen (secondary N) is 1. The maximum absolute atomic E-state index is 13.1. The molecule has 0 bridgehead atoms. The summed E-state index contributed by atoms with van der Waals surface area (Å²) in [5.74, 6) is 0.229. The summed E-state index contributed by atoms with van der Waals surface area (Å²) >= 11 is 0. The third-order valence-corrected chi connectivity index (χ3v) is 9.11. The monoisotopic (exact) mass is 449 g/mol. The van der Waals surface area contributed by atoms with Crippen LogP contribution in [0.5, 0.6) is 0 Å². The van der Waals surface area contributed by atoms with E-state index in [1.165, 1.54) is 12.0 Å². The van der Waals surface area contributed by atoms with Crippen molar-refractivity contribution in [3.8, 4) is 0 Å². The van der Waals surface area contributed by atoms with Crippen molar-refractivity contribution in [1.29, 1.82) is 0 Å². The second kappa shape index (κ2) is 10.0. The Morgan fingerprint density at radius 3 is 2.13 bits per heavy atom. The number of nitrogens with zero attached hydrogens (tertiary/aromatic N) is 2. The number of amides is 1. The average molecular weight is 450 g/mol. The fraction of sp³-hybridized carbons (Fsp3) is 0.708. The van der Waals surface area contributed by atoms with Crippen LogP contribution in [0.15, 0.2) is 12.1 Å². The first-order chi connectivity index (χ1) is 14.7. The van der Waals surface area contributed by atoms with Crippen LogP contribution in [0.3, 0.4) is 0 Å². The van der Waals surface area contributed by atoms with E-state index < -0.39 is 10.0 Å². The largest absolute Gasteiger partial charge is 0.350 e. The summed E-state index contributed by atoms with van der Waals surface area (Å²) in [4.78, 5) is 15.6. The molecule has 0 aromatic heterocycles. The van der Waals surface area contributed by atoms with Crippen molar-refractivity contribution in [3.05, 3.63) is 34.4 Å². The smallest absolute Gasteiger partial charge is 0.251 e. The van der Waals surface area contributed by atoms with Gasteiger partial charge in [-0.3, -0.25) is 9.69 Å². The summed E-state index contributed by atoms with van der Waals surface area (Å²) in [5, 5.41) is 3.26. The van der Waals surface area contributed by atoms with Crippen molar-refractivity contribution in [2.75, 3.05) is 38.5 Å². The Balaban J connectivity index is 1.70. The van der Waals surface area contributed by atoms with Crippen LogP contribution in [0.1, 0.15) is 72.5 Å². The average Bonchev–Trinajstić information content (AvgIpc) is 2.72. The highest BCUT2D eigenvalue weighted by Gasteiger charge is 2.41. The van der Waals surface area contributed by atoms with Gasteiger partial charge in [0.15, 0.2) is 0 Å². The molecule has 1 N–H and O–H groups in total. The van der Waals surface area contributed by atoms with Crippen LogP contribution in [0.25, 0.3) is 0 Å². The number of piperazine rings is 1. The highest BCUT2D eigenvalue weighted by molar-refractivity contribution is 7.89. The van der Waals surface area contributed by atoms with Crippen molar-refractivity contribution in [3.63, 3.8) is 0 Å². The van der Waals surface area contributed by atoms with Crippen LogP contribution in [0.4, 0.5) is 0 Å². The summed E-state index contributed by atoms with van der Waals surface area (Å²) < 4.78 is 26.6. The molecule has 6 nitrogen and oxygen atoms in total. The third-order valence-electron chi connectivity index (χ3n) is 7.03. The van der Waals surface area contributed by atoms with Gasteiger partial charge in [-0.25, -0.2) is 8.42 Å². The number of sulfonamides is 1. The summed E-state index contributed by atoms with van der Waals surface area (Å²) in [6.45, 7) is 11.2. The Bertz CT molecular complexity index is 860. The number of benzene rings is 1. The van der Waals surface area contributed by atoms with Crippen molar-refractivity contribution < 1.29 is 13.2 Å². The van der Waals surface area contributed by atoms with Crippen molar-refractivity contribution in [2.45, 2.75) is 71.8 Å². The second-order valence-corrected chi connectivity index (χ2v) is 11.5. The van der Waals surface area contributed by atoms with E-state index in [0.717, 1.165) is 55.5 Å². The van der Waals surface area contributed by atoms with Gasteiger partial charge in [0, 0.05) is 43.8 Å². The number of rotatable bonds is 7. The summed E-state index contributed by atoms with van der Waals surface area (Å²) in [5.41, 5.74) is 3.92. The molecule has 1 heterocycles. The maximum Gasteiger partial charge on any atom is 0.251 e. The number of aryl methyl sites for hydroxylation is 3. The normalized spacial score (nSPS) is 20.5. The zero-order valence-corrected chi connectivity index (χ0v) is 20.5. The second-order valence-electron chi connectivity index (χ2n) is 9.44. The minimum atomic E-state index is -3.15. The molecule has 1 aliphatic carbocycles. The number of hydrogen-bond donors (Lipinski definition) is 1. The molecule has 2 aliphatic rings. The highest BCUT2D eigenvalue weighted by atomic mass is 32.2. The molecule has 1 aromatic carbocycles. The number of carbonyl (C=O) groups is 1. The fourth-order valence-corrected chi connectivity index (χ4v) is 7.01. The Hall–Kier alpha value is -1.44. The van der Waals surface area contributed by atoms with Crippen molar-refractivity contribution in [1.82, 2.24) is 14.5 Å². The molecule has 7 heteroatoms. The van der Waals surface area contributed by atoms with E-state index in [2.05, 4.69) is 29.3 Å². The van der Waals surface area contributed by atoms with Crippen molar-refractivity contribution >= 4 is 15.9 Å². The lowest BCUT2D eigenvalue weighted by molar-refractivity contribution is 0.0240. The molecule has 1 aliphatic heterocycles. The van der Waals surface area contributed by atoms with Gasteiger partial charge < -0.3 is 5.32 Å². The van der Waals surface area contributed by atoms with Gasteiger partial charge in [0.1, 0.15) is 0 Å². The van der Waals surface area contributed by atoms with Crippen molar-refractivity contribution in [2.24, 2.45) is 0 Å². The molecule has 1 saturated carbocycles. The minimum Gasteiger partial charge on any atom is -0.350 e. The first-order valence-corrected chi connectivity index (χ1v) is 13.4. The Morgan fingerprint density at radius 2 is 1.58 bits per heavy atom. The van der Waals surface area contributed by atoms with Crippen LogP contribution < -0.4 is 5.32 Å². The Kier molecular flexibility index (Phi) is 7.81. The third kappa shape index (κ3) is 5.49. The fourth-order valence-electron chi connectivity index (χ4n) is 5.51. The summed E-state index contributed by atoms with van der Waals surface area (Å²) in [6.07, 6.45) is 6.31. The van der Waals surface area contributed by atoms with Gasteiger partial charge in [-0.05, 0) is 51.2 Å². The zero-order valence-electron chi connectivity index (χ0n) is 19.7. The molecule has 0 radical (unpaired) electrons. The molecule has 3 rings (SSSR count). The predicted molar refractivity (Wildman–Crippen MR) is 126 cm³/mol. The SMILES string of the molecule is CCCS(=O)(=O)N1CCN(C2(CNC(=O)c3c(C)cc(C)cc3C)CCCCC2)CC1. The van der Waals surface area contributed by atoms with E-state index in [4.69, 9.17) is 0 Å². The first-order valence-electron chi connectivity index (χ1n) is 11.8. The van der Waals surface area contributed by atoms with Gasteiger partial charge in [-0.2, -0.15) is 4.31 Å². The topological polar surface area (TPSA) is 69.7 Å². The van der Waals surface area contributed by atoms with Gasteiger partial charge in [0.2, 0.25) is 10.0 Å². The molecule has 2 fully saturated rings. The van der Waals surface area contributed by atoms with E-state index in [1.54, 1.807) is 4.31 Å². The van der Waals surface area contributed by atoms with Gasteiger partial charge in [-0.15, -0.1) is 0 Å². The summed E-state index contributed by atoms with van der Waals surface area (Å²) in [7, 11) is -3.15. The van der Waals surface area contributed by atoms with E-state index >= 15 is 0 Å². The minimum absolute atomic E-state index is 0.00380. The molecule has 1 saturated heterocycles. The molecular weight excluding hydrogens is 410 g/mol. The van der Waals surface area contributed by atoms with Crippen LogP contribution in [-0.4, -0.2) is 67.5 Å². The predicted octanol–water partition coefficient (Wildman–Crippen LogP) is 3.40. The van der Waals surface area contributed by atoms with Crippen LogP contribution in [0.2, 0.25) is 0 Å². The maximum atomic E-state index is 13.1. The van der Waals surface area contributed by atoms with E-state index in [9.17, 15) is 13.2 Å². The van der Waals surface area contributed by atoms with Crippen LogP contribution in [0, 0.1) is 20.8 Å². The summed E-state index contributed by atoms with van der Waals surface area (Å²) in [6, 6.07) is 4.13. The molecule has 1 aromatic rings. The van der Waals surface area contributed by atoms with Crippen LogP contribution >= 0.6 is 0 Å². The first kappa shape index (κ1) is 24.2. The molecule has 1 amide bonds. The molecular formula is C24H39N3O3S. The van der Waals surface area contributed by atoms with Crippen LogP contribution in [-0.2, 0) is 10.0 Å². The van der Waals surface area contributed by atoms with E-state index in [1.807, 2.05) is 20.8 Å². The molecule has 0 unspecified atom stereocenters. The molecule has 174 valence electrons. The number of hydrogen-bond acceptors (Lipinski definition) is 4. The van der Waals surface area contributed by atoms with Gasteiger partial charge in [-0.1, -0.05) is 43.9 Å². The zero-order chi connectivity index (χ0) is 22.6. The lowest BCUT2D eigenvalue weighted by Gasteiger charge is -2.49. The van der Waals surface area contributed by atoms with Gasteiger partial charge >= 0.3 is 0 Å². The number of carbonyl (C=O) groups excluding carboxylic acids is 1. The van der Waals surface area contributed by atoms with E-state index in [-0.39, 0.29) is 17.2 Å². The molecule has 0 spiro atoms. The van der Waals surface area contributed by atoms with Gasteiger partial charge in [0.25, 0.3) is 5.91 Å². The lowest BCUT2D eigenvalue weighted by Crippen LogP contribution is -2.62. The highest BCUT2D eigenvalue weighted by Crippen LogP contribution is 2.34. The molecule has 0 atom stereocenters. The Labute approximate surface area is 188 Å². The standard InChI is InChI=1S/C24H39N3O3S/c1-5-15-31(29,30)27-13-11-26(12-14-27)24(9-7-6-8-10-24)18-25-23(28)22-20(3)16-19(2)17-21(22)4/h16-17H,5-15,18H2,1-4H3,(H,25,28). The Morgan fingerprint density at radius 1 is 1.00 bits per heavy atom. The quantitative estimate of drug-likeness (QED) is 0.693. The van der Waals surface area contributed by atoms with Gasteiger partial charge in [0.05, 0.1) is 5.75 Å². The van der Waals surface area contributed by atoms with E-state index in [0.29, 0.717) is 26.1 Å². The molecule has 31 heavy (non-hydrogen) atoms. The lowest BCUT2D eigenvalue weighted by atomic mass is 9.79.